The summed E-state index contributed by atoms with van der Waals surface area (Å²) in [5.74, 6) is 1.10. The van der Waals surface area contributed by atoms with Crippen molar-refractivity contribution in [2.45, 2.75) is 26.7 Å². The standard InChI is InChI=1S/C9H18N4O2S/c1-8(2)6-16(14,15)12-5-3-4-9-10-7-11-13-9/h7-8,12H,3-6H2,1-2H3,(H,10,11,13). The van der Waals surface area contributed by atoms with E-state index in [1.165, 1.54) is 6.33 Å². The predicted octanol–water partition coefficient (Wildman–Crippen LogP) is 0.313. The van der Waals surface area contributed by atoms with Crippen LogP contribution in [0.25, 0.3) is 0 Å². The number of hydrogen-bond acceptors (Lipinski definition) is 4. The van der Waals surface area contributed by atoms with Gasteiger partial charge >= 0.3 is 0 Å². The van der Waals surface area contributed by atoms with Crippen LogP contribution in [0.3, 0.4) is 0 Å². The maximum absolute atomic E-state index is 11.5. The molecule has 0 fully saturated rings. The number of nitrogens with one attached hydrogen (secondary N) is 2. The lowest BCUT2D eigenvalue weighted by atomic mass is 10.3. The van der Waals surface area contributed by atoms with E-state index in [2.05, 4.69) is 19.9 Å². The number of sulfonamides is 1. The van der Waals surface area contributed by atoms with Crippen molar-refractivity contribution in [1.82, 2.24) is 19.9 Å². The highest BCUT2D eigenvalue weighted by atomic mass is 32.2. The quantitative estimate of drug-likeness (QED) is 0.678. The molecule has 0 aliphatic rings. The average Bonchev–Trinajstić information content (AvgIpc) is 2.62. The lowest BCUT2D eigenvalue weighted by Gasteiger charge is -2.07. The second kappa shape index (κ2) is 5.95. The molecule has 0 saturated carbocycles. The van der Waals surface area contributed by atoms with E-state index in [-0.39, 0.29) is 11.7 Å². The minimum Gasteiger partial charge on any atom is -0.263 e. The molecule has 16 heavy (non-hydrogen) atoms. The summed E-state index contributed by atoms with van der Waals surface area (Å²) in [6.07, 6.45) is 2.86. The number of H-pyrrole nitrogens is 1. The van der Waals surface area contributed by atoms with Crippen LogP contribution in [0.15, 0.2) is 6.33 Å². The van der Waals surface area contributed by atoms with Gasteiger partial charge in [-0.1, -0.05) is 13.8 Å². The summed E-state index contributed by atoms with van der Waals surface area (Å²) in [4.78, 5) is 3.95. The molecule has 7 heteroatoms. The average molecular weight is 246 g/mol. The topological polar surface area (TPSA) is 87.7 Å². The van der Waals surface area contributed by atoms with Gasteiger partial charge in [-0.3, -0.25) is 5.10 Å². The molecule has 0 amide bonds. The second-order valence-electron chi connectivity index (χ2n) is 4.11. The van der Waals surface area contributed by atoms with E-state index in [1.807, 2.05) is 13.8 Å². The Morgan fingerprint density at radius 2 is 2.25 bits per heavy atom. The van der Waals surface area contributed by atoms with Crippen molar-refractivity contribution in [3.8, 4) is 0 Å². The Hall–Kier alpha value is -0.950. The Morgan fingerprint density at radius 3 is 2.81 bits per heavy atom. The number of aromatic amines is 1. The van der Waals surface area contributed by atoms with Crippen molar-refractivity contribution in [3.63, 3.8) is 0 Å². The number of hydrogen-bond donors (Lipinski definition) is 2. The Morgan fingerprint density at radius 1 is 1.50 bits per heavy atom. The SMILES string of the molecule is CC(C)CS(=O)(=O)NCCCc1ncn[nH]1. The summed E-state index contributed by atoms with van der Waals surface area (Å²) in [6, 6.07) is 0. The van der Waals surface area contributed by atoms with Gasteiger partial charge in [0.05, 0.1) is 5.75 Å². The zero-order valence-electron chi connectivity index (χ0n) is 9.60. The zero-order valence-corrected chi connectivity index (χ0v) is 10.4. The van der Waals surface area contributed by atoms with Crippen LogP contribution in [0.2, 0.25) is 0 Å². The van der Waals surface area contributed by atoms with Crippen molar-refractivity contribution in [2.24, 2.45) is 5.92 Å². The van der Waals surface area contributed by atoms with E-state index in [4.69, 9.17) is 0 Å². The van der Waals surface area contributed by atoms with E-state index in [1.54, 1.807) is 0 Å². The van der Waals surface area contributed by atoms with Gasteiger partial charge in [-0.15, -0.1) is 0 Å². The van der Waals surface area contributed by atoms with Crippen LogP contribution in [0.5, 0.6) is 0 Å². The van der Waals surface area contributed by atoms with Gasteiger partial charge in [0.25, 0.3) is 0 Å². The molecule has 2 N–H and O–H groups in total. The summed E-state index contributed by atoms with van der Waals surface area (Å²) in [7, 11) is -3.12. The van der Waals surface area contributed by atoms with Crippen molar-refractivity contribution >= 4 is 10.0 Å². The second-order valence-corrected chi connectivity index (χ2v) is 5.96. The first-order valence-corrected chi connectivity index (χ1v) is 6.96. The van der Waals surface area contributed by atoms with Crippen molar-refractivity contribution in [1.29, 1.82) is 0 Å². The van der Waals surface area contributed by atoms with Crippen LogP contribution in [-0.2, 0) is 16.4 Å². The number of nitrogens with zero attached hydrogens (tertiary/aromatic N) is 2. The maximum Gasteiger partial charge on any atom is 0.211 e. The molecule has 0 aliphatic carbocycles. The minimum absolute atomic E-state index is 0.145. The first kappa shape index (κ1) is 13.1. The third-order valence-corrected chi connectivity index (χ3v) is 3.68. The molecule has 1 aromatic heterocycles. The zero-order chi connectivity index (χ0) is 12.0. The Labute approximate surface area is 95.9 Å². The molecule has 0 saturated heterocycles. The lowest BCUT2D eigenvalue weighted by Crippen LogP contribution is -2.29. The van der Waals surface area contributed by atoms with Gasteiger partial charge in [-0.25, -0.2) is 18.1 Å². The van der Waals surface area contributed by atoms with Gasteiger partial charge in [0, 0.05) is 13.0 Å². The van der Waals surface area contributed by atoms with Crippen LogP contribution >= 0.6 is 0 Å². The van der Waals surface area contributed by atoms with Crippen molar-refractivity contribution in [2.75, 3.05) is 12.3 Å². The first-order chi connectivity index (χ1) is 7.49. The summed E-state index contributed by atoms with van der Waals surface area (Å²) >= 11 is 0. The Balaban J connectivity index is 2.20. The molecular weight excluding hydrogens is 228 g/mol. The monoisotopic (exact) mass is 246 g/mol. The van der Waals surface area contributed by atoms with Gasteiger partial charge in [0.15, 0.2) is 0 Å². The van der Waals surface area contributed by atoms with Crippen molar-refractivity contribution < 1.29 is 8.42 Å². The normalized spacial score (nSPS) is 12.2. The summed E-state index contributed by atoms with van der Waals surface area (Å²) in [6.45, 7) is 4.21. The van der Waals surface area contributed by atoms with E-state index in [9.17, 15) is 8.42 Å². The molecule has 0 aliphatic heterocycles. The molecule has 0 spiro atoms. The van der Waals surface area contributed by atoms with E-state index in [0.717, 1.165) is 5.82 Å². The summed E-state index contributed by atoms with van der Waals surface area (Å²) < 4.78 is 25.5. The predicted molar refractivity (Wildman–Crippen MR) is 61.3 cm³/mol. The highest BCUT2D eigenvalue weighted by Crippen LogP contribution is 1.98. The molecule has 0 bridgehead atoms. The number of rotatable bonds is 7. The fourth-order valence-electron chi connectivity index (χ4n) is 1.33. The van der Waals surface area contributed by atoms with Crippen molar-refractivity contribution in [3.05, 3.63) is 12.2 Å². The van der Waals surface area contributed by atoms with Gasteiger partial charge in [0.2, 0.25) is 10.0 Å². The summed E-state index contributed by atoms with van der Waals surface area (Å²) in [5, 5.41) is 6.44. The smallest absolute Gasteiger partial charge is 0.211 e. The largest absolute Gasteiger partial charge is 0.263 e. The third kappa shape index (κ3) is 5.22. The van der Waals surface area contributed by atoms with E-state index < -0.39 is 10.0 Å². The Bertz CT molecular complexity index is 386. The summed E-state index contributed by atoms with van der Waals surface area (Å²) in [5.41, 5.74) is 0. The van der Waals surface area contributed by atoms with E-state index in [0.29, 0.717) is 19.4 Å². The number of aryl methyl sites for hydroxylation is 1. The highest BCUT2D eigenvalue weighted by molar-refractivity contribution is 7.89. The van der Waals surface area contributed by atoms with Gasteiger partial charge in [-0.05, 0) is 12.3 Å². The highest BCUT2D eigenvalue weighted by Gasteiger charge is 2.11. The van der Waals surface area contributed by atoms with Gasteiger partial charge in [0.1, 0.15) is 12.2 Å². The van der Waals surface area contributed by atoms with Gasteiger partial charge in [-0.2, -0.15) is 5.10 Å². The Kier molecular flexibility index (Phi) is 4.88. The molecule has 0 aromatic carbocycles. The third-order valence-electron chi connectivity index (χ3n) is 1.93. The molecule has 1 aromatic rings. The van der Waals surface area contributed by atoms with Crippen LogP contribution < -0.4 is 4.72 Å². The van der Waals surface area contributed by atoms with Crippen LogP contribution in [0.4, 0.5) is 0 Å². The fraction of sp³-hybridized carbons (Fsp3) is 0.778. The van der Waals surface area contributed by atoms with E-state index >= 15 is 0 Å². The molecule has 0 radical (unpaired) electrons. The molecule has 1 rings (SSSR count). The molecule has 0 atom stereocenters. The molecule has 6 nitrogen and oxygen atoms in total. The van der Waals surface area contributed by atoms with Crippen LogP contribution in [-0.4, -0.2) is 35.9 Å². The van der Waals surface area contributed by atoms with Crippen LogP contribution in [0, 0.1) is 5.92 Å². The lowest BCUT2D eigenvalue weighted by molar-refractivity contribution is 0.565. The molecule has 1 heterocycles. The fourth-order valence-corrected chi connectivity index (χ4v) is 2.78. The molecular formula is C9H18N4O2S. The van der Waals surface area contributed by atoms with Crippen LogP contribution in [0.1, 0.15) is 26.1 Å². The number of aromatic nitrogens is 3. The molecule has 92 valence electrons. The maximum atomic E-state index is 11.5. The minimum atomic E-state index is -3.12. The van der Waals surface area contributed by atoms with Gasteiger partial charge < -0.3 is 0 Å². The molecule has 0 unspecified atom stereocenters. The first-order valence-electron chi connectivity index (χ1n) is 5.31.